The molecule has 30 heavy (non-hydrogen) atoms. The molecule has 2 aromatic heterocycles. The summed E-state index contributed by atoms with van der Waals surface area (Å²) in [7, 11) is 0. The van der Waals surface area contributed by atoms with Crippen molar-refractivity contribution >= 4 is 5.69 Å². The molecule has 0 aliphatic heterocycles. The molecule has 0 bridgehead atoms. The Hall–Kier alpha value is -3.67. The molecule has 0 unspecified atom stereocenters. The normalized spacial score (nSPS) is 11.5. The standard InChI is InChI=1S/C24H18F3N3/c1-15-11-22(16-5-7-19(8-6-16)24(25,26)27)30-23(12-15)18-9-10-29-21(14-18)17-3-2-4-20(28)13-17/h2-14H,28H2,1H3. The van der Waals surface area contributed by atoms with E-state index in [1.54, 1.807) is 6.20 Å². The number of nitrogens with two attached hydrogens (primary N) is 1. The molecule has 2 aromatic carbocycles. The summed E-state index contributed by atoms with van der Waals surface area (Å²) in [5.74, 6) is 0. The van der Waals surface area contributed by atoms with Gasteiger partial charge in [0, 0.05) is 28.6 Å². The van der Waals surface area contributed by atoms with E-state index in [-0.39, 0.29) is 0 Å². The van der Waals surface area contributed by atoms with E-state index < -0.39 is 11.7 Å². The average molecular weight is 405 g/mol. The monoisotopic (exact) mass is 405 g/mol. The maximum Gasteiger partial charge on any atom is 0.416 e. The van der Waals surface area contributed by atoms with Crippen LogP contribution in [0, 0.1) is 6.92 Å². The van der Waals surface area contributed by atoms with Crippen LogP contribution in [0.15, 0.2) is 79.0 Å². The molecule has 0 atom stereocenters. The van der Waals surface area contributed by atoms with Crippen LogP contribution in [0.2, 0.25) is 0 Å². The van der Waals surface area contributed by atoms with Crippen molar-refractivity contribution in [3.8, 4) is 33.8 Å². The second kappa shape index (κ2) is 7.63. The lowest BCUT2D eigenvalue weighted by Gasteiger charge is -2.10. The number of alkyl halides is 3. The molecule has 0 amide bonds. The molecule has 0 aliphatic carbocycles. The Labute approximate surface area is 172 Å². The lowest BCUT2D eigenvalue weighted by molar-refractivity contribution is -0.137. The molecular weight excluding hydrogens is 387 g/mol. The zero-order valence-electron chi connectivity index (χ0n) is 16.1. The van der Waals surface area contributed by atoms with Gasteiger partial charge in [-0.25, -0.2) is 4.98 Å². The van der Waals surface area contributed by atoms with Gasteiger partial charge in [0.2, 0.25) is 0 Å². The van der Waals surface area contributed by atoms with Crippen LogP contribution >= 0.6 is 0 Å². The van der Waals surface area contributed by atoms with Crippen LogP contribution < -0.4 is 5.73 Å². The highest BCUT2D eigenvalue weighted by atomic mass is 19.4. The van der Waals surface area contributed by atoms with Gasteiger partial charge < -0.3 is 5.73 Å². The van der Waals surface area contributed by atoms with Crippen molar-refractivity contribution in [1.82, 2.24) is 9.97 Å². The molecule has 0 radical (unpaired) electrons. The molecule has 2 N–H and O–H groups in total. The van der Waals surface area contributed by atoms with Gasteiger partial charge in [-0.15, -0.1) is 0 Å². The topological polar surface area (TPSA) is 51.8 Å². The average Bonchev–Trinajstić information content (AvgIpc) is 2.73. The van der Waals surface area contributed by atoms with Gasteiger partial charge in [0.25, 0.3) is 0 Å². The Morgan fingerprint density at radius 1 is 0.733 bits per heavy atom. The number of anilines is 1. The van der Waals surface area contributed by atoms with E-state index in [1.807, 2.05) is 55.5 Å². The van der Waals surface area contributed by atoms with E-state index in [9.17, 15) is 13.2 Å². The minimum absolute atomic E-state index is 0.612. The molecule has 6 heteroatoms. The summed E-state index contributed by atoms with van der Waals surface area (Å²) in [5.41, 5.74) is 11.3. The number of rotatable bonds is 3. The summed E-state index contributed by atoms with van der Waals surface area (Å²) in [6, 6.07) is 20.1. The number of halogens is 3. The number of benzene rings is 2. The summed E-state index contributed by atoms with van der Waals surface area (Å²) >= 11 is 0. The van der Waals surface area contributed by atoms with Crippen molar-refractivity contribution in [3.05, 3.63) is 90.1 Å². The Morgan fingerprint density at radius 2 is 1.40 bits per heavy atom. The van der Waals surface area contributed by atoms with Crippen molar-refractivity contribution in [3.63, 3.8) is 0 Å². The van der Waals surface area contributed by atoms with E-state index >= 15 is 0 Å². The third-order valence-corrected chi connectivity index (χ3v) is 4.72. The maximum atomic E-state index is 12.8. The Kier molecular flexibility index (Phi) is 4.99. The zero-order chi connectivity index (χ0) is 21.3. The smallest absolute Gasteiger partial charge is 0.399 e. The van der Waals surface area contributed by atoms with Crippen molar-refractivity contribution in [2.24, 2.45) is 0 Å². The number of pyridine rings is 2. The summed E-state index contributed by atoms with van der Waals surface area (Å²) in [4.78, 5) is 9.11. The van der Waals surface area contributed by atoms with E-state index in [2.05, 4.69) is 9.97 Å². The first kappa shape index (κ1) is 19.6. The van der Waals surface area contributed by atoms with Gasteiger partial charge in [0.15, 0.2) is 0 Å². The predicted octanol–water partition coefficient (Wildman–Crippen LogP) is 6.39. The predicted molar refractivity (Wildman–Crippen MR) is 112 cm³/mol. The van der Waals surface area contributed by atoms with Crippen LogP contribution in [0.4, 0.5) is 18.9 Å². The lowest BCUT2D eigenvalue weighted by atomic mass is 10.0. The number of nitrogen functional groups attached to an aromatic ring is 1. The first-order valence-electron chi connectivity index (χ1n) is 9.28. The quantitative estimate of drug-likeness (QED) is 0.402. The van der Waals surface area contributed by atoms with Gasteiger partial charge >= 0.3 is 6.18 Å². The fourth-order valence-corrected chi connectivity index (χ4v) is 3.24. The van der Waals surface area contributed by atoms with E-state index in [0.717, 1.165) is 40.2 Å². The van der Waals surface area contributed by atoms with Crippen LogP contribution in [-0.4, -0.2) is 9.97 Å². The number of aromatic nitrogens is 2. The molecule has 4 aromatic rings. The van der Waals surface area contributed by atoms with Crippen molar-refractivity contribution in [2.75, 3.05) is 5.73 Å². The van der Waals surface area contributed by atoms with Gasteiger partial charge in [-0.2, -0.15) is 13.2 Å². The minimum Gasteiger partial charge on any atom is -0.399 e. The Morgan fingerprint density at radius 3 is 2.07 bits per heavy atom. The zero-order valence-corrected chi connectivity index (χ0v) is 16.1. The van der Waals surface area contributed by atoms with Gasteiger partial charge in [-0.05, 0) is 61.0 Å². The molecular formula is C24H18F3N3. The Bertz CT molecular complexity index is 1200. The van der Waals surface area contributed by atoms with E-state index in [4.69, 9.17) is 5.73 Å². The molecule has 2 heterocycles. The van der Waals surface area contributed by atoms with E-state index in [1.165, 1.54) is 12.1 Å². The highest BCUT2D eigenvalue weighted by molar-refractivity contribution is 5.72. The summed E-state index contributed by atoms with van der Waals surface area (Å²) in [5, 5.41) is 0. The fourth-order valence-electron chi connectivity index (χ4n) is 3.24. The molecule has 4 rings (SSSR count). The molecule has 150 valence electrons. The van der Waals surface area contributed by atoms with Crippen LogP contribution in [0.5, 0.6) is 0 Å². The maximum absolute atomic E-state index is 12.8. The molecule has 0 aliphatic rings. The molecule has 3 nitrogen and oxygen atoms in total. The summed E-state index contributed by atoms with van der Waals surface area (Å²) < 4.78 is 38.5. The number of aryl methyl sites for hydroxylation is 1. The largest absolute Gasteiger partial charge is 0.416 e. The van der Waals surface area contributed by atoms with E-state index in [0.29, 0.717) is 16.9 Å². The van der Waals surface area contributed by atoms with Crippen LogP contribution in [0.25, 0.3) is 33.8 Å². The summed E-state index contributed by atoms with van der Waals surface area (Å²) in [6.45, 7) is 1.93. The third-order valence-electron chi connectivity index (χ3n) is 4.72. The molecule has 0 fully saturated rings. The highest BCUT2D eigenvalue weighted by Crippen LogP contribution is 2.32. The first-order chi connectivity index (χ1) is 14.3. The molecule has 0 saturated carbocycles. The van der Waals surface area contributed by atoms with Gasteiger partial charge in [-0.1, -0.05) is 24.3 Å². The van der Waals surface area contributed by atoms with Gasteiger partial charge in [0.05, 0.1) is 22.6 Å². The van der Waals surface area contributed by atoms with Crippen LogP contribution in [0.1, 0.15) is 11.1 Å². The minimum atomic E-state index is -4.36. The number of hydrogen-bond donors (Lipinski definition) is 1. The van der Waals surface area contributed by atoms with Crippen molar-refractivity contribution < 1.29 is 13.2 Å². The Balaban J connectivity index is 1.73. The number of nitrogens with zero attached hydrogens (tertiary/aromatic N) is 2. The molecule has 0 spiro atoms. The van der Waals surface area contributed by atoms with Gasteiger partial charge in [-0.3, -0.25) is 4.98 Å². The second-order valence-corrected chi connectivity index (χ2v) is 7.05. The highest BCUT2D eigenvalue weighted by Gasteiger charge is 2.30. The fraction of sp³-hybridized carbons (Fsp3) is 0.0833. The van der Waals surface area contributed by atoms with Gasteiger partial charge in [0.1, 0.15) is 0 Å². The number of hydrogen-bond acceptors (Lipinski definition) is 3. The lowest BCUT2D eigenvalue weighted by Crippen LogP contribution is -2.04. The second-order valence-electron chi connectivity index (χ2n) is 7.05. The summed E-state index contributed by atoms with van der Waals surface area (Å²) in [6.07, 6.45) is -2.66. The van der Waals surface area contributed by atoms with Crippen LogP contribution in [-0.2, 0) is 6.18 Å². The van der Waals surface area contributed by atoms with Crippen molar-refractivity contribution in [1.29, 1.82) is 0 Å². The SMILES string of the molecule is Cc1cc(-c2ccc(C(F)(F)F)cc2)nc(-c2ccnc(-c3cccc(N)c3)c2)c1. The van der Waals surface area contributed by atoms with Crippen molar-refractivity contribution in [2.45, 2.75) is 13.1 Å². The van der Waals surface area contributed by atoms with Crippen LogP contribution in [0.3, 0.4) is 0 Å². The molecule has 0 saturated heterocycles. The first-order valence-corrected chi connectivity index (χ1v) is 9.28. The third kappa shape index (κ3) is 4.17.